The molecule has 4 atom stereocenters. The van der Waals surface area contributed by atoms with Crippen LogP contribution in [0.2, 0.25) is 0 Å². The molecule has 1 aromatic carbocycles. The summed E-state index contributed by atoms with van der Waals surface area (Å²) in [7, 11) is 0. The maximum absolute atomic E-state index is 12.8. The van der Waals surface area contributed by atoms with Gasteiger partial charge in [0.15, 0.2) is 0 Å². The van der Waals surface area contributed by atoms with Gasteiger partial charge in [-0.05, 0) is 75.1 Å². The molecular formula is C21H28N4O2. The molecule has 0 radical (unpaired) electrons. The Morgan fingerprint density at radius 1 is 1.26 bits per heavy atom. The number of nitrogens with one attached hydrogen (secondary N) is 3. The van der Waals surface area contributed by atoms with Gasteiger partial charge in [-0.3, -0.25) is 4.79 Å². The van der Waals surface area contributed by atoms with E-state index in [0.717, 1.165) is 37.7 Å². The van der Waals surface area contributed by atoms with Crippen LogP contribution >= 0.6 is 0 Å². The number of carbonyl (C=O) groups excluding carboxylic acids is 1. The first-order chi connectivity index (χ1) is 13.2. The van der Waals surface area contributed by atoms with E-state index in [9.17, 15) is 9.90 Å². The third-order valence-electron chi connectivity index (χ3n) is 6.93. The molecule has 0 spiro atoms. The highest BCUT2D eigenvalue weighted by molar-refractivity contribution is 6.06. The molecule has 1 saturated heterocycles. The molecule has 2 bridgehead atoms. The fourth-order valence-corrected chi connectivity index (χ4v) is 5.47. The predicted molar refractivity (Wildman–Crippen MR) is 104 cm³/mol. The first-order valence-electron chi connectivity index (χ1n) is 10.4. The smallest absolute Gasteiger partial charge is 0.253 e. The Hall–Kier alpha value is -2.08. The number of phenols is 1. The van der Waals surface area contributed by atoms with Gasteiger partial charge in [0, 0.05) is 12.5 Å². The number of carbonyl (C=O) groups is 1. The number of fused-ring (bicyclic) bond motifs is 3. The molecule has 5 rings (SSSR count). The van der Waals surface area contributed by atoms with Crippen LogP contribution in [0.15, 0.2) is 12.1 Å². The second kappa shape index (κ2) is 6.82. The monoisotopic (exact) mass is 368 g/mol. The van der Waals surface area contributed by atoms with Gasteiger partial charge in [-0.25, -0.2) is 4.98 Å². The number of hydrogen-bond donors (Lipinski definition) is 4. The quantitative estimate of drug-likeness (QED) is 0.668. The summed E-state index contributed by atoms with van der Waals surface area (Å²) in [5.74, 6) is 3.47. The lowest BCUT2D eigenvalue weighted by atomic mass is 9.88. The van der Waals surface area contributed by atoms with E-state index in [2.05, 4.69) is 15.6 Å². The summed E-state index contributed by atoms with van der Waals surface area (Å²) in [6.07, 6.45) is 7.42. The Kier molecular flexibility index (Phi) is 4.31. The summed E-state index contributed by atoms with van der Waals surface area (Å²) in [5.41, 5.74) is 1.75. The zero-order valence-corrected chi connectivity index (χ0v) is 15.6. The second-order valence-electron chi connectivity index (χ2n) is 8.68. The SMILES string of the molecule is O=C(NCC1CCCNC1)c1ccc(O)c2[nH]c(C3CC4CCC3C4)nc12. The Morgan fingerprint density at radius 2 is 2.19 bits per heavy atom. The summed E-state index contributed by atoms with van der Waals surface area (Å²) < 4.78 is 0. The number of aromatic hydroxyl groups is 1. The molecule has 1 aliphatic heterocycles. The zero-order valence-electron chi connectivity index (χ0n) is 15.6. The fraction of sp³-hybridized carbons (Fsp3) is 0.619. The standard InChI is InChI=1S/C21H28N4O2/c26-17-6-5-15(21(27)23-11-13-2-1-7-22-10-13)18-19(17)25-20(24-18)16-9-12-3-4-14(16)8-12/h5-6,12-14,16,22,26H,1-4,7-11H2,(H,23,27)(H,24,25). The van der Waals surface area contributed by atoms with Crippen molar-refractivity contribution in [3.8, 4) is 5.75 Å². The summed E-state index contributed by atoms with van der Waals surface area (Å²) in [6.45, 7) is 2.71. The molecule has 2 aromatic rings. The molecule has 3 aliphatic rings. The summed E-state index contributed by atoms with van der Waals surface area (Å²) >= 11 is 0. The number of H-pyrrole nitrogens is 1. The normalized spacial score (nSPS) is 30.1. The van der Waals surface area contributed by atoms with E-state index in [-0.39, 0.29) is 11.7 Å². The number of hydrogen-bond acceptors (Lipinski definition) is 4. The maximum atomic E-state index is 12.8. The molecule has 6 heteroatoms. The van der Waals surface area contributed by atoms with Gasteiger partial charge in [0.25, 0.3) is 5.91 Å². The Morgan fingerprint density at radius 3 is 2.93 bits per heavy atom. The average Bonchev–Trinajstić information content (AvgIpc) is 3.42. The van der Waals surface area contributed by atoms with E-state index in [1.54, 1.807) is 12.1 Å². The number of benzene rings is 1. The highest BCUT2D eigenvalue weighted by Gasteiger charge is 2.41. The number of phenolic OH excluding ortho intramolecular Hbond substituents is 1. The third kappa shape index (κ3) is 3.10. The zero-order chi connectivity index (χ0) is 18.4. The predicted octanol–water partition coefficient (Wildman–Crippen LogP) is 2.90. The molecule has 2 aliphatic carbocycles. The van der Waals surface area contributed by atoms with Gasteiger partial charge < -0.3 is 20.7 Å². The van der Waals surface area contributed by atoms with Crippen LogP contribution in [-0.4, -0.2) is 40.6 Å². The third-order valence-corrected chi connectivity index (χ3v) is 6.93. The number of imidazole rings is 1. The molecule has 2 saturated carbocycles. The number of amides is 1. The highest BCUT2D eigenvalue weighted by Crippen LogP contribution is 2.52. The van der Waals surface area contributed by atoms with Crippen LogP contribution in [0.5, 0.6) is 5.75 Å². The molecule has 1 aromatic heterocycles. The van der Waals surface area contributed by atoms with Gasteiger partial charge >= 0.3 is 0 Å². The van der Waals surface area contributed by atoms with Crippen LogP contribution in [0.25, 0.3) is 11.0 Å². The molecule has 2 heterocycles. The Labute approximate surface area is 159 Å². The van der Waals surface area contributed by atoms with Crippen LogP contribution in [0.4, 0.5) is 0 Å². The lowest BCUT2D eigenvalue weighted by molar-refractivity contribution is 0.0946. The first kappa shape index (κ1) is 17.0. The van der Waals surface area contributed by atoms with Crippen LogP contribution in [0, 0.1) is 17.8 Å². The van der Waals surface area contributed by atoms with Gasteiger partial charge in [0.2, 0.25) is 0 Å². The van der Waals surface area contributed by atoms with E-state index in [0.29, 0.717) is 40.9 Å². The maximum Gasteiger partial charge on any atom is 0.253 e. The van der Waals surface area contributed by atoms with Crippen molar-refractivity contribution in [1.29, 1.82) is 0 Å². The molecule has 6 nitrogen and oxygen atoms in total. The van der Waals surface area contributed by atoms with Crippen molar-refractivity contribution in [2.45, 2.75) is 44.4 Å². The number of nitrogens with zero attached hydrogens (tertiary/aromatic N) is 1. The van der Waals surface area contributed by atoms with E-state index < -0.39 is 0 Å². The Balaban J connectivity index is 1.39. The minimum absolute atomic E-state index is 0.100. The number of aromatic nitrogens is 2. The van der Waals surface area contributed by atoms with Crippen molar-refractivity contribution in [2.24, 2.45) is 17.8 Å². The second-order valence-corrected chi connectivity index (χ2v) is 8.68. The van der Waals surface area contributed by atoms with Crippen molar-refractivity contribution >= 4 is 16.9 Å². The highest BCUT2D eigenvalue weighted by atomic mass is 16.3. The molecule has 27 heavy (non-hydrogen) atoms. The summed E-state index contributed by atoms with van der Waals surface area (Å²) in [5, 5.41) is 16.7. The van der Waals surface area contributed by atoms with Crippen LogP contribution < -0.4 is 10.6 Å². The van der Waals surface area contributed by atoms with Crippen molar-refractivity contribution < 1.29 is 9.90 Å². The Bertz CT molecular complexity index is 855. The van der Waals surface area contributed by atoms with E-state index in [1.165, 1.54) is 25.7 Å². The van der Waals surface area contributed by atoms with Crippen molar-refractivity contribution in [3.05, 3.63) is 23.5 Å². The lowest BCUT2D eigenvalue weighted by Crippen LogP contribution is -2.38. The van der Waals surface area contributed by atoms with Gasteiger partial charge in [0.05, 0.1) is 5.56 Å². The average molecular weight is 368 g/mol. The van der Waals surface area contributed by atoms with Gasteiger partial charge in [-0.2, -0.15) is 0 Å². The number of aromatic amines is 1. The van der Waals surface area contributed by atoms with E-state index >= 15 is 0 Å². The molecule has 144 valence electrons. The van der Waals surface area contributed by atoms with Crippen molar-refractivity contribution in [1.82, 2.24) is 20.6 Å². The molecule has 1 amide bonds. The first-order valence-corrected chi connectivity index (χ1v) is 10.4. The van der Waals surface area contributed by atoms with Crippen LogP contribution in [0.3, 0.4) is 0 Å². The molecule has 4 unspecified atom stereocenters. The van der Waals surface area contributed by atoms with E-state index in [4.69, 9.17) is 4.98 Å². The summed E-state index contributed by atoms with van der Waals surface area (Å²) in [6, 6.07) is 3.29. The lowest BCUT2D eigenvalue weighted by Gasteiger charge is -2.22. The fourth-order valence-electron chi connectivity index (χ4n) is 5.47. The molecule has 4 N–H and O–H groups in total. The minimum atomic E-state index is -0.100. The van der Waals surface area contributed by atoms with Gasteiger partial charge in [-0.1, -0.05) is 6.42 Å². The molecule has 3 fully saturated rings. The summed E-state index contributed by atoms with van der Waals surface area (Å²) in [4.78, 5) is 20.9. The topological polar surface area (TPSA) is 90.0 Å². The van der Waals surface area contributed by atoms with Crippen molar-refractivity contribution in [3.63, 3.8) is 0 Å². The van der Waals surface area contributed by atoms with Gasteiger partial charge in [-0.15, -0.1) is 0 Å². The van der Waals surface area contributed by atoms with Crippen LogP contribution in [0.1, 0.15) is 60.6 Å². The van der Waals surface area contributed by atoms with E-state index in [1.807, 2.05) is 0 Å². The van der Waals surface area contributed by atoms with Crippen molar-refractivity contribution in [2.75, 3.05) is 19.6 Å². The largest absolute Gasteiger partial charge is 0.506 e. The minimum Gasteiger partial charge on any atom is -0.506 e. The number of piperidine rings is 1. The number of rotatable bonds is 4. The molecular weight excluding hydrogens is 340 g/mol. The van der Waals surface area contributed by atoms with Gasteiger partial charge in [0.1, 0.15) is 22.6 Å². The van der Waals surface area contributed by atoms with Crippen LogP contribution in [-0.2, 0) is 0 Å².